The van der Waals surface area contributed by atoms with Gasteiger partial charge in [0.05, 0.1) is 21.5 Å². The summed E-state index contributed by atoms with van der Waals surface area (Å²) in [5.41, 5.74) is 1.95. The van der Waals surface area contributed by atoms with Gasteiger partial charge in [-0.25, -0.2) is 0 Å². The first-order valence-electron chi connectivity index (χ1n) is 6.54. The molecule has 1 aromatic carbocycles. The molecule has 0 amide bonds. The van der Waals surface area contributed by atoms with E-state index in [1.165, 1.54) is 0 Å². The van der Waals surface area contributed by atoms with Crippen LogP contribution in [0.25, 0.3) is 0 Å². The minimum atomic E-state index is -0.957. The molecule has 3 nitrogen and oxygen atoms in total. The molecule has 0 fully saturated rings. The van der Waals surface area contributed by atoms with Gasteiger partial charge in [0.15, 0.2) is 0 Å². The second kappa shape index (κ2) is 6.00. The van der Waals surface area contributed by atoms with Gasteiger partial charge in [-0.2, -0.15) is 5.10 Å². The first kappa shape index (κ1) is 15.7. The van der Waals surface area contributed by atoms with Crippen molar-refractivity contribution < 1.29 is 5.11 Å². The molecule has 2 rings (SSSR count). The summed E-state index contributed by atoms with van der Waals surface area (Å²) in [7, 11) is 1.91. The van der Waals surface area contributed by atoms with E-state index in [0.29, 0.717) is 6.42 Å². The number of hydrogen-bond acceptors (Lipinski definition) is 2. The van der Waals surface area contributed by atoms with Gasteiger partial charge in [-0.1, -0.05) is 41.1 Å². The summed E-state index contributed by atoms with van der Waals surface area (Å²) in [6.45, 7) is 3.90. The van der Waals surface area contributed by atoms with Crippen molar-refractivity contribution >= 4 is 31.9 Å². The van der Waals surface area contributed by atoms with Gasteiger partial charge in [0.1, 0.15) is 0 Å². The van der Waals surface area contributed by atoms with Crippen molar-refractivity contribution in [2.24, 2.45) is 7.05 Å². The lowest BCUT2D eigenvalue weighted by Gasteiger charge is -2.25. The molecule has 108 valence electrons. The number of halogens is 2. The van der Waals surface area contributed by atoms with Gasteiger partial charge in [0.25, 0.3) is 0 Å². The highest BCUT2D eigenvalue weighted by atomic mass is 79.9. The van der Waals surface area contributed by atoms with Crippen LogP contribution in [0, 0.1) is 0 Å². The maximum absolute atomic E-state index is 10.9. The van der Waals surface area contributed by atoms with Crippen molar-refractivity contribution in [2.75, 3.05) is 0 Å². The first-order valence-corrected chi connectivity index (χ1v) is 8.13. The SMILES string of the molecule is CCc1nn(C)c(CC(C)(O)c2ccccc2Br)c1Br. The molecule has 0 radical (unpaired) electrons. The minimum absolute atomic E-state index is 0.500. The molecule has 5 heteroatoms. The Morgan fingerprint density at radius 2 is 1.95 bits per heavy atom. The van der Waals surface area contributed by atoms with Crippen LogP contribution < -0.4 is 0 Å². The lowest BCUT2D eigenvalue weighted by Crippen LogP contribution is -2.26. The summed E-state index contributed by atoms with van der Waals surface area (Å²) in [5, 5.41) is 15.3. The van der Waals surface area contributed by atoms with Gasteiger partial charge in [0, 0.05) is 17.9 Å². The van der Waals surface area contributed by atoms with Crippen LogP contribution >= 0.6 is 31.9 Å². The predicted molar refractivity (Wildman–Crippen MR) is 87.7 cm³/mol. The molecule has 0 aliphatic rings. The Morgan fingerprint density at radius 1 is 1.30 bits per heavy atom. The van der Waals surface area contributed by atoms with E-state index in [-0.39, 0.29) is 0 Å². The normalized spacial score (nSPS) is 14.3. The first-order chi connectivity index (χ1) is 9.36. The second-order valence-corrected chi connectivity index (χ2v) is 6.76. The summed E-state index contributed by atoms with van der Waals surface area (Å²) in [6.07, 6.45) is 1.37. The third kappa shape index (κ3) is 3.00. The summed E-state index contributed by atoms with van der Waals surface area (Å²) in [4.78, 5) is 0. The van der Waals surface area contributed by atoms with Crippen molar-refractivity contribution in [1.29, 1.82) is 0 Å². The Bertz CT molecular complexity index is 620. The maximum atomic E-state index is 10.9. The largest absolute Gasteiger partial charge is 0.385 e. The quantitative estimate of drug-likeness (QED) is 0.841. The number of hydrogen-bond donors (Lipinski definition) is 1. The highest BCUT2D eigenvalue weighted by Crippen LogP contribution is 2.33. The zero-order valence-electron chi connectivity index (χ0n) is 11.8. The Morgan fingerprint density at radius 3 is 2.50 bits per heavy atom. The van der Waals surface area contributed by atoms with E-state index >= 15 is 0 Å². The van der Waals surface area contributed by atoms with Gasteiger partial charge < -0.3 is 5.11 Å². The van der Waals surface area contributed by atoms with Crippen LogP contribution in [-0.2, 0) is 25.5 Å². The molecule has 0 saturated carbocycles. The van der Waals surface area contributed by atoms with Crippen LogP contribution in [0.15, 0.2) is 33.2 Å². The fourth-order valence-corrected chi connectivity index (χ4v) is 3.80. The van der Waals surface area contributed by atoms with Crippen molar-refractivity contribution in [3.05, 3.63) is 50.2 Å². The summed E-state index contributed by atoms with van der Waals surface area (Å²) in [6, 6.07) is 7.76. The third-order valence-corrected chi connectivity index (χ3v) is 5.08. The van der Waals surface area contributed by atoms with Gasteiger partial charge in [0.2, 0.25) is 0 Å². The van der Waals surface area contributed by atoms with Gasteiger partial charge >= 0.3 is 0 Å². The van der Waals surface area contributed by atoms with Gasteiger partial charge in [-0.15, -0.1) is 0 Å². The molecule has 1 atom stereocenters. The molecule has 1 unspecified atom stereocenters. The van der Waals surface area contributed by atoms with Crippen LogP contribution in [0.2, 0.25) is 0 Å². The highest BCUT2D eigenvalue weighted by molar-refractivity contribution is 9.10. The molecule has 20 heavy (non-hydrogen) atoms. The number of aryl methyl sites for hydroxylation is 2. The molecule has 0 bridgehead atoms. The van der Waals surface area contributed by atoms with E-state index in [1.807, 2.05) is 42.9 Å². The Labute approximate surface area is 136 Å². The topological polar surface area (TPSA) is 38.0 Å². The molecule has 1 N–H and O–H groups in total. The van der Waals surface area contributed by atoms with E-state index in [1.54, 1.807) is 0 Å². The summed E-state index contributed by atoms with van der Waals surface area (Å²) < 4.78 is 3.75. The average Bonchev–Trinajstić information content (AvgIpc) is 2.66. The lowest BCUT2D eigenvalue weighted by molar-refractivity contribution is 0.0547. The Balaban J connectivity index is 2.38. The van der Waals surface area contributed by atoms with Crippen molar-refractivity contribution in [1.82, 2.24) is 9.78 Å². The average molecular weight is 402 g/mol. The lowest BCUT2D eigenvalue weighted by atomic mass is 9.91. The molecule has 1 heterocycles. The van der Waals surface area contributed by atoms with E-state index in [9.17, 15) is 5.11 Å². The summed E-state index contributed by atoms with van der Waals surface area (Å²) >= 11 is 7.11. The van der Waals surface area contributed by atoms with Crippen LogP contribution in [0.5, 0.6) is 0 Å². The number of aromatic nitrogens is 2. The van der Waals surface area contributed by atoms with E-state index in [2.05, 4.69) is 43.9 Å². The zero-order chi connectivity index (χ0) is 14.9. The van der Waals surface area contributed by atoms with Crippen LogP contribution in [0.1, 0.15) is 30.8 Å². The molecule has 2 aromatic rings. The molecule has 1 aromatic heterocycles. The van der Waals surface area contributed by atoms with Crippen molar-refractivity contribution in [3.8, 4) is 0 Å². The smallest absolute Gasteiger partial charge is 0.0934 e. The number of aliphatic hydroxyl groups is 1. The van der Waals surface area contributed by atoms with E-state index < -0.39 is 5.60 Å². The number of rotatable bonds is 4. The fourth-order valence-electron chi connectivity index (χ4n) is 2.33. The van der Waals surface area contributed by atoms with Crippen LogP contribution in [-0.4, -0.2) is 14.9 Å². The van der Waals surface area contributed by atoms with E-state index in [4.69, 9.17) is 0 Å². The van der Waals surface area contributed by atoms with E-state index in [0.717, 1.165) is 32.3 Å². The number of nitrogens with zero attached hydrogens (tertiary/aromatic N) is 2. The molecule has 0 aliphatic heterocycles. The predicted octanol–water partition coefficient (Wildman–Crippen LogP) is 3.96. The van der Waals surface area contributed by atoms with Crippen LogP contribution in [0.3, 0.4) is 0 Å². The Kier molecular flexibility index (Phi) is 4.72. The third-order valence-electron chi connectivity index (χ3n) is 3.47. The van der Waals surface area contributed by atoms with Gasteiger partial charge in [-0.3, -0.25) is 4.68 Å². The standard InChI is InChI=1S/C15H18Br2N2O/c1-4-12-14(17)13(19(3)18-12)9-15(2,20)10-7-5-6-8-11(10)16/h5-8,20H,4,9H2,1-3H3. The molecule has 0 spiro atoms. The monoisotopic (exact) mass is 400 g/mol. The molecule has 0 saturated heterocycles. The maximum Gasteiger partial charge on any atom is 0.0934 e. The van der Waals surface area contributed by atoms with Gasteiger partial charge in [-0.05, 0) is 40.9 Å². The molecular formula is C15H18Br2N2O. The zero-order valence-corrected chi connectivity index (χ0v) is 15.0. The minimum Gasteiger partial charge on any atom is -0.385 e. The molecule has 0 aliphatic carbocycles. The van der Waals surface area contributed by atoms with Crippen molar-refractivity contribution in [2.45, 2.75) is 32.3 Å². The van der Waals surface area contributed by atoms with Crippen LogP contribution in [0.4, 0.5) is 0 Å². The highest BCUT2D eigenvalue weighted by Gasteiger charge is 2.29. The number of benzene rings is 1. The second-order valence-electron chi connectivity index (χ2n) is 5.12. The summed E-state index contributed by atoms with van der Waals surface area (Å²) in [5.74, 6) is 0. The Hall–Kier alpha value is -0.650. The fraction of sp³-hybridized carbons (Fsp3) is 0.400. The van der Waals surface area contributed by atoms with Crippen molar-refractivity contribution in [3.63, 3.8) is 0 Å². The molecular weight excluding hydrogens is 384 g/mol.